The van der Waals surface area contributed by atoms with Gasteiger partial charge >= 0.3 is 0 Å². The van der Waals surface area contributed by atoms with Gasteiger partial charge in [0.15, 0.2) is 0 Å². The molecule has 0 spiro atoms. The summed E-state index contributed by atoms with van der Waals surface area (Å²) in [7, 11) is 0. The van der Waals surface area contributed by atoms with Crippen molar-refractivity contribution in [2.24, 2.45) is 16.9 Å². The molecule has 1 saturated heterocycles. The molecule has 2 bridgehead atoms. The van der Waals surface area contributed by atoms with Crippen molar-refractivity contribution in [2.75, 3.05) is 0 Å². The number of hydrogen-bond acceptors (Lipinski definition) is 4. The lowest BCUT2D eigenvalue weighted by atomic mass is 9.55. The summed E-state index contributed by atoms with van der Waals surface area (Å²) in [6, 6.07) is 20.3. The summed E-state index contributed by atoms with van der Waals surface area (Å²) < 4.78 is 0. The number of benzene rings is 2. The van der Waals surface area contributed by atoms with E-state index in [-0.39, 0.29) is 35.5 Å². The molecule has 3 aliphatic carbocycles. The van der Waals surface area contributed by atoms with Crippen molar-refractivity contribution in [2.45, 2.75) is 11.8 Å². The van der Waals surface area contributed by atoms with Gasteiger partial charge in [-0.1, -0.05) is 54.6 Å². The highest BCUT2D eigenvalue weighted by molar-refractivity contribution is 7.11. The fraction of sp³-hybridized carbons (Fsp3) is 0.174. The molecule has 7 rings (SSSR count). The van der Waals surface area contributed by atoms with Gasteiger partial charge in [0.1, 0.15) is 0 Å². The minimum atomic E-state index is -0.372. The zero-order chi connectivity index (χ0) is 18.8. The summed E-state index contributed by atoms with van der Waals surface area (Å²) in [6.45, 7) is 0. The summed E-state index contributed by atoms with van der Waals surface area (Å²) in [5.41, 5.74) is 4.71. The maximum atomic E-state index is 13.3. The lowest BCUT2D eigenvalue weighted by Gasteiger charge is -2.45. The van der Waals surface area contributed by atoms with Crippen molar-refractivity contribution in [3.8, 4) is 0 Å². The van der Waals surface area contributed by atoms with Gasteiger partial charge in [-0.2, -0.15) is 10.1 Å². The summed E-state index contributed by atoms with van der Waals surface area (Å²) in [5, 5.41) is 7.36. The molecule has 3 aromatic rings. The number of carbonyl (C=O) groups is 2. The molecule has 1 aliphatic heterocycles. The molecule has 0 N–H and O–H groups in total. The van der Waals surface area contributed by atoms with E-state index < -0.39 is 0 Å². The van der Waals surface area contributed by atoms with Gasteiger partial charge in [0.05, 0.1) is 18.1 Å². The summed E-state index contributed by atoms with van der Waals surface area (Å²) in [5.74, 6) is -1.27. The Morgan fingerprint density at radius 2 is 1.25 bits per heavy atom. The van der Waals surface area contributed by atoms with Crippen molar-refractivity contribution in [3.05, 3.63) is 93.2 Å². The smallest absolute Gasteiger partial charge is 0.254 e. The van der Waals surface area contributed by atoms with Gasteiger partial charge in [0.25, 0.3) is 11.8 Å². The normalized spacial score (nSPS) is 27.2. The monoisotopic (exact) mass is 384 g/mol. The topological polar surface area (TPSA) is 49.7 Å². The lowest BCUT2D eigenvalue weighted by Crippen LogP contribution is -2.41. The molecule has 1 aromatic heterocycles. The summed E-state index contributed by atoms with van der Waals surface area (Å²) in [6.07, 6.45) is 1.61. The number of carbonyl (C=O) groups excluding carboxylic acids is 2. The standard InChI is InChI=1S/C23H16N2O2S/c26-22-20-18-14-7-1-2-8-15(14)19(17-10-4-3-9-16(17)18)21(20)23(27)25(22)24-12-13-6-5-11-28-13/h1-12,18-21H/b24-12-/t18?,19?,20-,21-/m0/s1. The zero-order valence-corrected chi connectivity index (χ0v) is 15.7. The molecule has 2 amide bonds. The average molecular weight is 384 g/mol. The largest absolute Gasteiger partial charge is 0.272 e. The molecule has 0 unspecified atom stereocenters. The van der Waals surface area contributed by atoms with E-state index in [1.807, 2.05) is 41.8 Å². The molecular weight excluding hydrogens is 368 g/mol. The third-order valence-electron chi connectivity index (χ3n) is 6.27. The zero-order valence-electron chi connectivity index (χ0n) is 14.9. The maximum Gasteiger partial charge on any atom is 0.254 e. The van der Waals surface area contributed by atoms with Crippen LogP contribution < -0.4 is 0 Å². The van der Waals surface area contributed by atoms with Gasteiger partial charge in [-0.15, -0.1) is 11.3 Å². The van der Waals surface area contributed by atoms with Gasteiger partial charge < -0.3 is 0 Å². The van der Waals surface area contributed by atoms with E-state index in [2.05, 4.69) is 29.4 Å². The van der Waals surface area contributed by atoms with Crippen LogP contribution in [0.3, 0.4) is 0 Å². The Labute approximate surface area is 166 Å². The number of nitrogens with zero attached hydrogens (tertiary/aromatic N) is 2. The fourth-order valence-corrected chi connectivity index (χ4v) is 5.83. The first-order valence-electron chi connectivity index (χ1n) is 9.38. The van der Waals surface area contributed by atoms with Crippen LogP contribution in [0.5, 0.6) is 0 Å². The molecule has 2 heterocycles. The van der Waals surface area contributed by atoms with Crippen molar-refractivity contribution < 1.29 is 9.59 Å². The highest BCUT2D eigenvalue weighted by Crippen LogP contribution is 2.60. The second-order valence-electron chi connectivity index (χ2n) is 7.51. The van der Waals surface area contributed by atoms with E-state index in [0.717, 1.165) is 9.89 Å². The number of imide groups is 1. The Bertz CT molecular complexity index is 1040. The third-order valence-corrected chi connectivity index (χ3v) is 7.08. The minimum Gasteiger partial charge on any atom is -0.272 e. The first-order chi connectivity index (χ1) is 13.8. The second kappa shape index (κ2) is 5.72. The van der Waals surface area contributed by atoms with Crippen LogP contribution in [0, 0.1) is 11.8 Å². The van der Waals surface area contributed by atoms with Crippen LogP contribution in [0.4, 0.5) is 0 Å². The van der Waals surface area contributed by atoms with Crippen LogP contribution in [0.15, 0.2) is 71.1 Å². The summed E-state index contributed by atoms with van der Waals surface area (Å²) >= 11 is 1.53. The second-order valence-corrected chi connectivity index (χ2v) is 8.49. The third kappa shape index (κ3) is 1.97. The number of rotatable bonds is 2. The Kier molecular flexibility index (Phi) is 3.26. The molecular formula is C23H16N2O2S. The van der Waals surface area contributed by atoms with Gasteiger partial charge in [-0.05, 0) is 33.7 Å². The van der Waals surface area contributed by atoms with Crippen molar-refractivity contribution in [1.82, 2.24) is 5.01 Å². The predicted molar refractivity (Wildman–Crippen MR) is 107 cm³/mol. The van der Waals surface area contributed by atoms with Gasteiger partial charge in [0, 0.05) is 16.7 Å². The first kappa shape index (κ1) is 16.0. The Morgan fingerprint density at radius 3 is 1.68 bits per heavy atom. The van der Waals surface area contributed by atoms with E-state index in [0.29, 0.717) is 0 Å². The van der Waals surface area contributed by atoms with E-state index >= 15 is 0 Å². The van der Waals surface area contributed by atoms with Crippen LogP contribution in [0.25, 0.3) is 0 Å². The van der Waals surface area contributed by atoms with Crippen LogP contribution in [-0.4, -0.2) is 23.0 Å². The predicted octanol–water partition coefficient (Wildman–Crippen LogP) is 3.97. The highest BCUT2D eigenvalue weighted by atomic mass is 32.1. The molecule has 0 saturated carbocycles. The number of hydrazone groups is 1. The van der Waals surface area contributed by atoms with E-state index in [4.69, 9.17) is 0 Å². The Balaban J connectivity index is 1.50. The van der Waals surface area contributed by atoms with Crippen molar-refractivity contribution in [1.29, 1.82) is 0 Å². The molecule has 2 aromatic carbocycles. The van der Waals surface area contributed by atoms with E-state index in [9.17, 15) is 9.59 Å². The highest BCUT2D eigenvalue weighted by Gasteiger charge is 2.61. The Hall–Kier alpha value is -3.05. The molecule has 4 nitrogen and oxygen atoms in total. The van der Waals surface area contributed by atoms with Crippen molar-refractivity contribution in [3.63, 3.8) is 0 Å². The molecule has 2 atom stereocenters. The molecule has 4 aliphatic rings. The molecule has 0 radical (unpaired) electrons. The molecule has 1 fully saturated rings. The Morgan fingerprint density at radius 1 is 0.750 bits per heavy atom. The van der Waals surface area contributed by atoms with Crippen LogP contribution >= 0.6 is 11.3 Å². The molecule has 5 heteroatoms. The number of amides is 2. The fourth-order valence-electron chi connectivity index (χ4n) is 5.25. The molecule has 28 heavy (non-hydrogen) atoms. The lowest BCUT2D eigenvalue weighted by molar-refractivity contribution is -0.139. The minimum absolute atomic E-state index is 0.0826. The number of thiophene rings is 1. The van der Waals surface area contributed by atoms with Gasteiger partial charge in [-0.25, -0.2) is 0 Å². The SMILES string of the molecule is O=C1[C@H]2C3c4ccccc4C(c4ccccc43)[C@@H]2C(=O)N1/N=C\c1cccs1. The van der Waals surface area contributed by atoms with Crippen molar-refractivity contribution >= 4 is 29.4 Å². The van der Waals surface area contributed by atoms with Gasteiger partial charge in [-0.3, -0.25) is 9.59 Å². The van der Waals surface area contributed by atoms with Crippen LogP contribution in [0.1, 0.15) is 39.0 Å². The molecule has 136 valence electrons. The van der Waals surface area contributed by atoms with Gasteiger partial charge in [0.2, 0.25) is 0 Å². The van der Waals surface area contributed by atoms with E-state index in [1.54, 1.807) is 6.21 Å². The number of hydrogen-bond donors (Lipinski definition) is 0. The average Bonchev–Trinajstić information content (AvgIpc) is 3.34. The van der Waals surface area contributed by atoms with E-state index in [1.165, 1.54) is 33.6 Å². The first-order valence-corrected chi connectivity index (χ1v) is 10.3. The van der Waals surface area contributed by atoms with Crippen LogP contribution in [-0.2, 0) is 9.59 Å². The summed E-state index contributed by atoms with van der Waals surface area (Å²) in [4.78, 5) is 27.5. The maximum absolute atomic E-state index is 13.3. The quantitative estimate of drug-likeness (QED) is 0.496. The van der Waals surface area contributed by atoms with Crippen LogP contribution in [0.2, 0.25) is 0 Å².